The molecule has 0 saturated carbocycles. The lowest BCUT2D eigenvalue weighted by Crippen LogP contribution is -2.13. The van der Waals surface area contributed by atoms with Gasteiger partial charge in [-0.2, -0.15) is 5.26 Å². The summed E-state index contributed by atoms with van der Waals surface area (Å²) < 4.78 is 0.616. The zero-order chi connectivity index (χ0) is 9.14. The molecule has 0 radical (unpaired) electrons. The van der Waals surface area contributed by atoms with E-state index >= 15 is 0 Å². The van der Waals surface area contributed by atoms with Crippen molar-refractivity contribution >= 4 is 28.5 Å². The molecule has 0 fully saturated rings. The molecule has 1 aromatic carbocycles. The number of rotatable bonds is 1. The Balaban J connectivity index is 3.35. The largest absolute Gasteiger partial charge is 0.366 e. The minimum absolute atomic E-state index is 0.398. The summed E-state index contributed by atoms with van der Waals surface area (Å²) in [5, 5.41) is 8.62. The van der Waals surface area contributed by atoms with Gasteiger partial charge in [0, 0.05) is 3.57 Å². The monoisotopic (exact) mass is 272 g/mol. The highest BCUT2D eigenvalue weighted by atomic mass is 127. The van der Waals surface area contributed by atoms with Gasteiger partial charge in [0.1, 0.15) is 6.07 Å². The molecule has 4 heteroatoms. The van der Waals surface area contributed by atoms with Crippen LogP contribution in [0.3, 0.4) is 0 Å². The van der Waals surface area contributed by atoms with Crippen LogP contribution < -0.4 is 5.73 Å². The third-order valence-electron chi connectivity index (χ3n) is 1.38. The molecule has 0 unspecified atom stereocenters. The van der Waals surface area contributed by atoms with E-state index in [0.717, 1.165) is 0 Å². The number of nitriles is 1. The van der Waals surface area contributed by atoms with Crippen LogP contribution in [0.4, 0.5) is 0 Å². The number of nitrogens with two attached hydrogens (primary N) is 1. The second-order valence-electron chi connectivity index (χ2n) is 2.14. The summed E-state index contributed by atoms with van der Waals surface area (Å²) in [5.74, 6) is -0.503. The Bertz CT molecular complexity index is 368. The molecule has 0 spiro atoms. The number of halogens is 1. The first-order valence-electron chi connectivity index (χ1n) is 3.15. The van der Waals surface area contributed by atoms with Gasteiger partial charge in [0.25, 0.3) is 0 Å². The van der Waals surface area contributed by atoms with Crippen molar-refractivity contribution in [2.75, 3.05) is 0 Å². The Morgan fingerprint density at radius 2 is 2.25 bits per heavy atom. The van der Waals surface area contributed by atoms with Gasteiger partial charge in [-0.1, -0.05) is 6.07 Å². The normalized spacial score (nSPS) is 9.00. The van der Waals surface area contributed by atoms with Gasteiger partial charge in [0.05, 0.1) is 11.1 Å². The van der Waals surface area contributed by atoms with Crippen molar-refractivity contribution in [3.63, 3.8) is 0 Å². The average molecular weight is 272 g/mol. The molecule has 12 heavy (non-hydrogen) atoms. The van der Waals surface area contributed by atoms with E-state index in [9.17, 15) is 4.79 Å². The first-order chi connectivity index (χ1) is 5.66. The molecule has 1 amide bonds. The van der Waals surface area contributed by atoms with Crippen LogP contribution in [0.2, 0.25) is 0 Å². The minimum Gasteiger partial charge on any atom is -0.366 e. The maximum absolute atomic E-state index is 10.8. The van der Waals surface area contributed by atoms with Crippen molar-refractivity contribution in [2.24, 2.45) is 5.73 Å². The van der Waals surface area contributed by atoms with Gasteiger partial charge in [-0.25, -0.2) is 0 Å². The van der Waals surface area contributed by atoms with Gasteiger partial charge in [0.2, 0.25) is 5.91 Å². The van der Waals surface area contributed by atoms with E-state index in [2.05, 4.69) is 0 Å². The molecular weight excluding hydrogens is 267 g/mol. The lowest BCUT2D eigenvalue weighted by Gasteiger charge is -1.99. The molecule has 0 aliphatic heterocycles. The fourth-order valence-electron chi connectivity index (χ4n) is 0.809. The van der Waals surface area contributed by atoms with E-state index in [0.29, 0.717) is 14.7 Å². The maximum Gasteiger partial charge on any atom is 0.249 e. The Hall–Kier alpha value is -1.09. The summed E-state index contributed by atoms with van der Waals surface area (Å²) in [6.07, 6.45) is 0. The Kier molecular flexibility index (Phi) is 2.65. The lowest BCUT2D eigenvalue weighted by atomic mass is 10.1. The number of primary amides is 1. The molecule has 60 valence electrons. The van der Waals surface area contributed by atoms with E-state index in [4.69, 9.17) is 11.0 Å². The maximum atomic E-state index is 10.8. The van der Waals surface area contributed by atoms with Crippen molar-refractivity contribution in [3.8, 4) is 6.07 Å². The molecule has 0 heterocycles. The Morgan fingerprint density at radius 3 is 2.75 bits per heavy atom. The third kappa shape index (κ3) is 1.56. The fourth-order valence-corrected chi connectivity index (χ4v) is 1.55. The topological polar surface area (TPSA) is 66.9 Å². The van der Waals surface area contributed by atoms with Crippen molar-refractivity contribution in [1.29, 1.82) is 5.26 Å². The molecule has 0 saturated heterocycles. The summed E-state index contributed by atoms with van der Waals surface area (Å²) >= 11 is 1.93. The fraction of sp³-hybridized carbons (Fsp3) is 0. The molecule has 1 rings (SSSR count). The molecule has 0 bridgehead atoms. The highest BCUT2D eigenvalue weighted by molar-refractivity contribution is 14.1. The molecule has 0 aromatic heterocycles. The van der Waals surface area contributed by atoms with Gasteiger partial charge in [0.15, 0.2) is 0 Å². The zero-order valence-corrected chi connectivity index (χ0v) is 8.20. The number of hydrogen-bond acceptors (Lipinski definition) is 2. The molecule has 0 atom stereocenters. The number of hydrogen-bond donors (Lipinski definition) is 1. The molecular formula is C8H5IN2O. The van der Waals surface area contributed by atoms with Gasteiger partial charge in [-0.3, -0.25) is 4.79 Å². The quantitative estimate of drug-likeness (QED) is 0.782. The predicted octanol–water partition coefficient (Wildman–Crippen LogP) is 1.26. The number of nitrogens with zero attached hydrogens (tertiary/aromatic N) is 1. The van der Waals surface area contributed by atoms with Crippen LogP contribution in [0.5, 0.6) is 0 Å². The smallest absolute Gasteiger partial charge is 0.249 e. The van der Waals surface area contributed by atoms with Gasteiger partial charge < -0.3 is 5.73 Å². The molecule has 1 aromatic rings. The van der Waals surface area contributed by atoms with Crippen molar-refractivity contribution < 1.29 is 4.79 Å². The second-order valence-corrected chi connectivity index (χ2v) is 3.22. The predicted molar refractivity (Wildman–Crippen MR) is 52.4 cm³/mol. The number of benzene rings is 1. The summed E-state index contributed by atoms with van der Waals surface area (Å²) in [5.41, 5.74) is 5.96. The summed E-state index contributed by atoms with van der Waals surface area (Å²) in [7, 11) is 0. The van der Waals surface area contributed by atoms with Crippen LogP contribution >= 0.6 is 22.6 Å². The van der Waals surface area contributed by atoms with Gasteiger partial charge >= 0.3 is 0 Å². The highest BCUT2D eigenvalue weighted by Crippen LogP contribution is 2.15. The third-order valence-corrected chi connectivity index (χ3v) is 2.55. The number of amides is 1. The van der Waals surface area contributed by atoms with Crippen LogP contribution in [0.25, 0.3) is 0 Å². The van der Waals surface area contributed by atoms with Crippen molar-refractivity contribution in [3.05, 3.63) is 32.9 Å². The molecule has 2 N–H and O–H groups in total. The first-order valence-corrected chi connectivity index (χ1v) is 4.23. The number of carbonyl (C=O) groups is 1. The summed E-state index contributed by atoms with van der Waals surface area (Å²) in [6, 6.07) is 6.86. The van der Waals surface area contributed by atoms with Crippen molar-refractivity contribution in [2.45, 2.75) is 0 Å². The summed E-state index contributed by atoms with van der Waals surface area (Å²) in [6.45, 7) is 0. The van der Waals surface area contributed by atoms with E-state index < -0.39 is 5.91 Å². The second kappa shape index (κ2) is 3.54. The van der Waals surface area contributed by atoms with Crippen LogP contribution in [-0.4, -0.2) is 5.91 Å². The van der Waals surface area contributed by atoms with E-state index in [-0.39, 0.29) is 0 Å². The van der Waals surface area contributed by atoms with Crippen LogP contribution in [-0.2, 0) is 0 Å². The molecule has 3 nitrogen and oxygen atoms in total. The minimum atomic E-state index is -0.503. The highest BCUT2D eigenvalue weighted by Gasteiger charge is 2.08. The zero-order valence-electron chi connectivity index (χ0n) is 6.04. The number of carbonyl (C=O) groups excluding carboxylic acids is 1. The van der Waals surface area contributed by atoms with Gasteiger partial charge in [-0.15, -0.1) is 0 Å². The van der Waals surface area contributed by atoms with Gasteiger partial charge in [-0.05, 0) is 34.7 Å². The van der Waals surface area contributed by atoms with Crippen LogP contribution in [0.15, 0.2) is 18.2 Å². The SMILES string of the molecule is N#Cc1cccc(C(N)=O)c1I. The van der Waals surface area contributed by atoms with E-state index in [1.165, 1.54) is 0 Å². The average Bonchev–Trinajstić information content (AvgIpc) is 2.04. The van der Waals surface area contributed by atoms with E-state index in [1.807, 2.05) is 28.7 Å². The van der Waals surface area contributed by atoms with Crippen molar-refractivity contribution in [1.82, 2.24) is 0 Å². The van der Waals surface area contributed by atoms with Crippen LogP contribution in [0, 0.1) is 14.9 Å². The van der Waals surface area contributed by atoms with Crippen LogP contribution in [0.1, 0.15) is 15.9 Å². The Labute approximate surface area is 83.3 Å². The molecule has 0 aliphatic rings. The first kappa shape index (κ1) is 9.00. The lowest BCUT2D eigenvalue weighted by molar-refractivity contribution is 0.0999. The molecule has 0 aliphatic carbocycles. The summed E-state index contributed by atoms with van der Waals surface area (Å²) in [4.78, 5) is 10.8. The standard InChI is InChI=1S/C8H5IN2O/c9-7-5(4-10)2-1-3-6(7)8(11)12/h1-3H,(H2,11,12). The van der Waals surface area contributed by atoms with E-state index in [1.54, 1.807) is 18.2 Å². The Morgan fingerprint density at radius 1 is 1.58 bits per heavy atom.